The summed E-state index contributed by atoms with van der Waals surface area (Å²) in [4.78, 5) is 0. The molecule has 0 aliphatic heterocycles. The van der Waals surface area contributed by atoms with Crippen molar-refractivity contribution in [2.75, 3.05) is 5.73 Å². The zero-order chi connectivity index (χ0) is 13.8. The molecule has 96 valence electrons. The van der Waals surface area contributed by atoms with Crippen molar-refractivity contribution in [2.45, 2.75) is 13.5 Å². The van der Waals surface area contributed by atoms with Gasteiger partial charge in [0.1, 0.15) is 24.2 Å². The van der Waals surface area contributed by atoms with E-state index >= 15 is 0 Å². The van der Waals surface area contributed by atoms with E-state index < -0.39 is 5.82 Å². The van der Waals surface area contributed by atoms with E-state index in [2.05, 4.69) is 0 Å². The molecule has 19 heavy (non-hydrogen) atoms. The minimum absolute atomic E-state index is 0.0128. The highest BCUT2D eigenvalue weighted by atomic mass is 19.1. The maximum Gasteiger partial charge on any atom is 0.145 e. The highest BCUT2D eigenvalue weighted by Crippen LogP contribution is 2.26. The van der Waals surface area contributed by atoms with Crippen molar-refractivity contribution < 1.29 is 9.13 Å². The van der Waals surface area contributed by atoms with E-state index in [1.165, 1.54) is 12.1 Å². The maximum absolute atomic E-state index is 13.2. The number of nitrogens with zero attached hydrogens (tertiary/aromatic N) is 1. The maximum atomic E-state index is 13.2. The summed E-state index contributed by atoms with van der Waals surface area (Å²) in [6.45, 7) is 2.14. The number of rotatable bonds is 3. The molecule has 0 heterocycles. The summed E-state index contributed by atoms with van der Waals surface area (Å²) in [5, 5.41) is 8.77. The van der Waals surface area contributed by atoms with Crippen LogP contribution < -0.4 is 10.5 Å². The lowest BCUT2D eigenvalue weighted by Crippen LogP contribution is -2.01. The third-order valence-electron chi connectivity index (χ3n) is 2.78. The summed E-state index contributed by atoms with van der Waals surface area (Å²) in [7, 11) is 0. The van der Waals surface area contributed by atoms with Gasteiger partial charge in [0.15, 0.2) is 0 Å². The first-order valence-electron chi connectivity index (χ1n) is 5.78. The Morgan fingerprint density at radius 1 is 1.32 bits per heavy atom. The summed E-state index contributed by atoms with van der Waals surface area (Å²) in [6, 6.07) is 11.6. The predicted molar refractivity (Wildman–Crippen MR) is 71.0 cm³/mol. The van der Waals surface area contributed by atoms with Crippen molar-refractivity contribution in [3.63, 3.8) is 0 Å². The quantitative estimate of drug-likeness (QED) is 0.858. The Balaban J connectivity index is 2.17. The lowest BCUT2D eigenvalue weighted by atomic mass is 10.1. The van der Waals surface area contributed by atoms with Gasteiger partial charge < -0.3 is 10.5 Å². The molecule has 2 aromatic rings. The molecule has 2 rings (SSSR count). The van der Waals surface area contributed by atoms with Crippen LogP contribution in [-0.4, -0.2) is 0 Å². The van der Waals surface area contributed by atoms with Gasteiger partial charge in [-0.2, -0.15) is 5.26 Å². The second-order valence-electron chi connectivity index (χ2n) is 4.21. The molecule has 0 spiro atoms. The molecule has 2 aromatic carbocycles. The van der Waals surface area contributed by atoms with Gasteiger partial charge in [0.2, 0.25) is 0 Å². The lowest BCUT2D eigenvalue weighted by molar-refractivity contribution is 0.305. The third-order valence-corrected chi connectivity index (χ3v) is 2.78. The summed E-state index contributed by atoms with van der Waals surface area (Å²) in [5.74, 6) is 0.0898. The molecule has 0 atom stereocenters. The molecule has 0 radical (unpaired) electrons. The second-order valence-corrected chi connectivity index (χ2v) is 4.21. The van der Waals surface area contributed by atoms with Crippen LogP contribution in [-0.2, 0) is 6.61 Å². The molecule has 0 saturated carbocycles. The van der Waals surface area contributed by atoms with Crippen LogP contribution in [0.3, 0.4) is 0 Å². The number of hydrogen-bond acceptors (Lipinski definition) is 3. The van der Waals surface area contributed by atoms with Crippen molar-refractivity contribution in [1.82, 2.24) is 0 Å². The van der Waals surface area contributed by atoms with E-state index in [1.54, 1.807) is 18.2 Å². The van der Waals surface area contributed by atoms with Crippen molar-refractivity contribution >= 4 is 5.69 Å². The van der Waals surface area contributed by atoms with E-state index in [9.17, 15) is 4.39 Å². The largest absolute Gasteiger partial charge is 0.486 e. The molecule has 0 unspecified atom stereocenters. The Kier molecular flexibility index (Phi) is 3.67. The first-order valence-corrected chi connectivity index (χ1v) is 5.78. The van der Waals surface area contributed by atoms with Gasteiger partial charge in [-0.3, -0.25) is 0 Å². The topological polar surface area (TPSA) is 59.0 Å². The first kappa shape index (κ1) is 12.9. The molecule has 0 aliphatic carbocycles. The molecule has 4 heteroatoms. The summed E-state index contributed by atoms with van der Waals surface area (Å²) < 4.78 is 18.8. The molecule has 0 fully saturated rings. The van der Waals surface area contributed by atoms with Crippen molar-refractivity contribution in [3.05, 3.63) is 58.9 Å². The third kappa shape index (κ3) is 2.83. The van der Waals surface area contributed by atoms with Crippen molar-refractivity contribution in [3.8, 4) is 11.8 Å². The van der Waals surface area contributed by atoms with Crippen LogP contribution in [0.5, 0.6) is 5.75 Å². The molecular weight excluding hydrogens is 243 g/mol. The van der Waals surface area contributed by atoms with Gasteiger partial charge in [-0.15, -0.1) is 0 Å². The second kappa shape index (κ2) is 5.40. The predicted octanol–water partition coefficient (Wildman–Crippen LogP) is 3.17. The minimum atomic E-state index is -0.526. The average Bonchev–Trinajstić information content (AvgIpc) is 2.40. The Morgan fingerprint density at radius 3 is 2.79 bits per heavy atom. The number of para-hydroxylation sites is 1. The summed E-state index contributed by atoms with van der Waals surface area (Å²) in [5.41, 5.74) is 8.05. The Bertz CT molecular complexity index is 627. The number of nitrogen functional groups attached to an aromatic ring is 1. The number of aryl methyl sites for hydroxylation is 1. The average molecular weight is 256 g/mol. The Labute approximate surface area is 111 Å². The summed E-state index contributed by atoms with van der Waals surface area (Å²) in [6.07, 6.45) is 0. The van der Waals surface area contributed by atoms with Crippen LogP contribution in [0.2, 0.25) is 0 Å². The molecule has 3 nitrogen and oxygen atoms in total. The number of anilines is 1. The van der Waals surface area contributed by atoms with E-state index in [4.69, 9.17) is 15.7 Å². The van der Waals surface area contributed by atoms with Gasteiger partial charge in [0, 0.05) is 0 Å². The Hall–Kier alpha value is -2.54. The highest BCUT2D eigenvalue weighted by molar-refractivity contribution is 5.56. The number of hydrogen-bond donors (Lipinski definition) is 1. The van der Waals surface area contributed by atoms with Crippen LogP contribution in [0.1, 0.15) is 16.7 Å². The van der Waals surface area contributed by atoms with Crippen LogP contribution in [0.25, 0.3) is 0 Å². The highest BCUT2D eigenvalue weighted by Gasteiger charge is 2.06. The van der Waals surface area contributed by atoms with Crippen LogP contribution in [0, 0.1) is 24.1 Å². The van der Waals surface area contributed by atoms with Crippen molar-refractivity contribution in [1.29, 1.82) is 5.26 Å². The zero-order valence-electron chi connectivity index (χ0n) is 10.5. The fraction of sp³-hybridized carbons (Fsp3) is 0.133. The minimum Gasteiger partial charge on any atom is -0.486 e. The molecule has 0 aliphatic rings. The van der Waals surface area contributed by atoms with Crippen LogP contribution in [0.15, 0.2) is 36.4 Å². The van der Waals surface area contributed by atoms with Crippen LogP contribution in [0.4, 0.5) is 10.1 Å². The van der Waals surface area contributed by atoms with Gasteiger partial charge in [-0.25, -0.2) is 4.39 Å². The van der Waals surface area contributed by atoms with Crippen LogP contribution >= 0.6 is 0 Å². The molecular formula is C15H13FN2O. The number of halogens is 1. The zero-order valence-corrected chi connectivity index (χ0v) is 10.5. The van der Waals surface area contributed by atoms with E-state index in [1.807, 2.05) is 19.1 Å². The van der Waals surface area contributed by atoms with E-state index in [0.717, 1.165) is 11.1 Å². The van der Waals surface area contributed by atoms with Gasteiger partial charge in [-0.05, 0) is 36.2 Å². The van der Waals surface area contributed by atoms with Gasteiger partial charge in [0.05, 0.1) is 11.3 Å². The molecule has 0 amide bonds. The standard InChI is InChI=1S/C15H13FN2O/c1-10-3-2-4-14(18)15(10)19-9-11-5-6-13(16)12(7-11)8-17/h2-7H,9,18H2,1H3. The van der Waals surface area contributed by atoms with Crippen molar-refractivity contribution in [2.24, 2.45) is 0 Å². The number of nitriles is 1. The van der Waals surface area contributed by atoms with E-state index in [-0.39, 0.29) is 12.2 Å². The fourth-order valence-corrected chi connectivity index (χ4v) is 1.78. The number of ether oxygens (including phenoxy) is 1. The van der Waals surface area contributed by atoms with Gasteiger partial charge >= 0.3 is 0 Å². The lowest BCUT2D eigenvalue weighted by Gasteiger charge is -2.11. The number of benzene rings is 2. The van der Waals surface area contributed by atoms with E-state index in [0.29, 0.717) is 11.4 Å². The monoisotopic (exact) mass is 256 g/mol. The molecule has 0 aromatic heterocycles. The number of nitrogens with two attached hydrogens (primary N) is 1. The first-order chi connectivity index (χ1) is 9.11. The summed E-state index contributed by atoms with van der Waals surface area (Å²) >= 11 is 0. The van der Waals surface area contributed by atoms with Gasteiger partial charge in [0.25, 0.3) is 0 Å². The SMILES string of the molecule is Cc1cccc(N)c1OCc1ccc(F)c(C#N)c1. The molecule has 0 saturated heterocycles. The molecule has 0 bridgehead atoms. The van der Waals surface area contributed by atoms with Gasteiger partial charge in [-0.1, -0.05) is 18.2 Å². The Morgan fingerprint density at radius 2 is 2.11 bits per heavy atom. The fourth-order valence-electron chi connectivity index (χ4n) is 1.78. The normalized spacial score (nSPS) is 9.95. The smallest absolute Gasteiger partial charge is 0.145 e. The molecule has 2 N–H and O–H groups in total.